The zero-order valence-corrected chi connectivity index (χ0v) is 11.5. The fraction of sp³-hybridized carbons (Fsp3) is 0.714. The molecule has 5 nitrogen and oxygen atoms in total. The third-order valence-corrected chi connectivity index (χ3v) is 4.00. The van der Waals surface area contributed by atoms with E-state index in [9.17, 15) is 4.79 Å². The first-order valence-corrected chi connectivity index (χ1v) is 7.36. The van der Waals surface area contributed by atoms with Gasteiger partial charge >= 0.3 is 0 Å². The molecule has 104 valence electrons. The first-order chi connectivity index (χ1) is 9.26. The molecule has 1 aromatic heterocycles. The molecule has 1 saturated heterocycles. The number of nitrogens with one attached hydrogen (secondary N) is 2. The fourth-order valence-corrected chi connectivity index (χ4v) is 2.75. The minimum atomic E-state index is -0.0392. The molecule has 3 rings (SSSR count). The molecule has 1 aliphatic carbocycles. The van der Waals surface area contributed by atoms with Crippen molar-refractivity contribution >= 4 is 5.82 Å². The molecule has 0 radical (unpaired) electrons. The third kappa shape index (κ3) is 2.97. The second kappa shape index (κ2) is 5.33. The van der Waals surface area contributed by atoms with Crippen molar-refractivity contribution in [3.63, 3.8) is 0 Å². The van der Waals surface area contributed by atoms with E-state index in [2.05, 4.69) is 20.2 Å². The van der Waals surface area contributed by atoms with Gasteiger partial charge in [0.05, 0.1) is 0 Å². The molecule has 1 atom stereocenters. The molecule has 0 aromatic carbocycles. The Morgan fingerprint density at radius 2 is 2.32 bits per heavy atom. The quantitative estimate of drug-likeness (QED) is 0.833. The van der Waals surface area contributed by atoms with Gasteiger partial charge in [-0.3, -0.25) is 4.79 Å². The number of nitrogens with zero attached hydrogens (tertiary/aromatic N) is 2. The summed E-state index contributed by atoms with van der Waals surface area (Å²) in [6.45, 7) is 4.04. The normalized spacial score (nSPS) is 23.0. The summed E-state index contributed by atoms with van der Waals surface area (Å²) >= 11 is 0. The summed E-state index contributed by atoms with van der Waals surface area (Å²) in [5.74, 6) is 1.63. The molecule has 1 aromatic rings. The molecule has 2 aliphatic rings. The number of rotatable bonds is 5. The van der Waals surface area contributed by atoms with Crippen LogP contribution in [-0.4, -0.2) is 35.1 Å². The van der Waals surface area contributed by atoms with Crippen molar-refractivity contribution in [2.75, 3.05) is 18.0 Å². The number of hydrogen-bond acceptors (Lipinski definition) is 4. The van der Waals surface area contributed by atoms with Crippen molar-refractivity contribution in [3.05, 3.63) is 22.2 Å². The number of aryl methyl sites for hydroxylation is 1. The summed E-state index contributed by atoms with van der Waals surface area (Å²) in [4.78, 5) is 21.3. The van der Waals surface area contributed by atoms with Crippen molar-refractivity contribution in [2.45, 2.75) is 51.1 Å². The van der Waals surface area contributed by atoms with E-state index in [1.807, 2.05) is 6.92 Å². The van der Waals surface area contributed by atoms with Gasteiger partial charge in [-0.15, -0.1) is 0 Å². The van der Waals surface area contributed by atoms with Gasteiger partial charge in [0.2, 0.25) is 0 Å². The molecule has 2 N–H and O–H groups in total. The van der Waals surface area contributed by atoms with Crippen LogP contribution in [0.25, 0.3) is 0 Å². The van der Waals surface area contributed by atoms with Crippen LogP contribution in [0, 0.1) is 0 Å². The standard InChI is InChI=1S/C14H22N4O/c1-2-12-16-13(8-14(19)17-12)18-7-3-4-11(18)9-15-10-5-6-10/h8,10-11,15H,2-7,9H2,1H3,(H,16,17,19). The van der Waals surface area contributed by atoms with E-state index in [-0.39, 0.29) is 5.56 Å². The minimum Gasteiger partial charge on any atom is -0.352 e. The maximum Gasteiger partial charge on any atom is 0.252 e. The van der Waals surface area contributed by atoms with Crippen LogP contribution in [0.4, 0.5) is 5.82 Å². The average molecular weight is 262 g/mol. The van der Waals surface area contributed by atoms with Gasteiger partial charge in [0.15, 0.2) is 0 Å². The lowest BCUT2D eigenvalue weighted by atomic mass is 10.2. The van der Waals surface area contributed by atoms with Gasteiger partial charge in [-0.1, -0.05) is 6.92 Å². The molecule has 1 saturated carbocycles. The Hall–Kier alpha value is -1.36. The van der Waals surface area contributed by atoms with Crippen molar-refractivity contribution in [1.29, 1.82) is 0 Å². The van der Waals surface area contributed by atoms with Crippen LogP contribution in [0.15, 0.2) is 10.9 Å². The van der Waals surface area contributed by atoms with E-state index >= 15 is 0 Å². The van der Waals surface area contributed by atoms with E-state index in [4.69, 9.17) is 0 Å². The first kappa shape index (κ1) is 12.7. The highest BCUT2D eigenvalue weighted by Crippen LogP contribution is 2.24. The van der Waals surface area contributed by atoms with E-state index in [1.165, 1.54) is 25.7 Å². The second-order valence-corrected chi connectivity index (χ2v) is 5.58. The summed E-state index contributed by atoms with van der Waals surface area (Å²) in [6.07, 6.45) is 5.77. The molecule has 1 unspecified atom stereocenters. The Kier molecular flexibility index (Phi) is 3.55. The van der Waals surface area contributed by atoms with Crippen LogP contribution in [0.1, 0.15) is 38.4 Å². The summed E-state index contributed by atoms with van der Waals surface area (Å²) in [7, 11) is 0. The molecule has 0 bridgehead atoms. The molecular weight excluding hydrogens is 240 g/mol. The molecule has 0 amide bonds. The van der Waals surface area contributed by atoms with Crippen LogP contribution in [-0.2, 0) is 6.42 Å². The van der Waals surface area contributed by atoms with E-state index in [0.29, 0.717) is 6.04 Å². The number of aromatic nitrogens is 2. The number of anilines is 1. The highest BCUT2D eigenvalue weighted by Gasteiger charge is 2.28. The van der Waals surface area contributed by atoms with E-state index < -0.39 is 0 Å². The maximum absolute atomic E-state index is 11.7. The van der Waals surface area contributed by atoms with Crippen molar-refractivity contribution in [3.8, 4) is 0 Å². The highest BCUT2D eigenvalue weighted by atomic mass is 16.1. The van der Waals surface area contributed by atoms with Gasteiger partial charge in [0.1, 0.15) is 11.6 Å². The summed E-state index contributed by atoms with van der Waals surface area (Å²) in [6, 6.07) is 2.86. The topological polar surface area (TPSA) is 61.0 Å². The van der Waals surface area contributed by atoms with Crippen LogP contribution < -0.4 is 15.8 Å². The van der Waals surface area contributed by atoms with Crippen molar-refractivity contribution in [2.24, 2.45) is 0 Å². The molecule has 1 aliphatic heterocycles. The Morgan fingerprint density at radius 1 is 1.47 bits per heavy atom. The van der Waals surface area contributed by atoms with Crippen molar-refractivity contribution in [1.82, 2.24) is 15.3 Å². The Morgan fingerprint density at radius 3 is 3.05 bits per heavy atom. The molecule has 0 spiro atoms. The zero-order valence-electron chi connectivity index (χ0n) is 11.5. The van der Waals surface area contributed by atoms with Crippen LogP contribution in [0.3, 0.4) is 0 Å². The SMILES string of the molecule is CCc1nc(N2CCCC2CNC2CC2)cc(=O)[nH]1. The van der Waals surface area contributed by atoms with Gasteiger partial charge in [-0.2, -0.15) is 0 Å². The zero-order chi connectivity index (χ0) is 13.2. The first-order valence-electron chi connectivity index (χ1n) is 7.36. The van der Waals surface area contributed by atoms with Gasteiger partial charge in [0, 0.05) is 37.7 Å². The Labute approximate surface area is 113 Å². The van der Waals surface area contributed by atoms with Crippen molar-refractivity contribution < 1.29 is 0 Å². The lowest BCUT2D eigenvalue weighted by Gasteiger charge is -2.26. The van der Waals surface area contributed by atoms with Gasteiger partial charge in [0.25, 0.3) is 5.56 Å². The maximum atomic E-state index is 11.7. The lowest BCUT2D eigenvalue weighted by molar-refractivity contribution is 0.567. The summed E-state index contributed by atoms with van der Waals surface area (Å²) in [5, 5.41) is 3.59. The van der Waals surface area contributed by atoms with Crippen LogP contribution in [0.5, 0.6) is 0 Å². The van der Waals surface area contributed by atoms with Crippen LogP contribution in [0.2, 0.25) is 0 Å². The minimum absolute atomic E-state index is 0.0392. The van der Waals surface area contributed by atoms with E-state index in [1.54, 1.807) is 6.07 Å². The second-order valence-electron chi connectivity index (χ2n) is 5.58. The Bertz CT molecular complexity index is 494. The summed E-state index contributed by atoms with van der Waals surface area (Å²) < 4.78 is 0. The average Bonchev–Trinajstić information content (AvgIpc) is 3.12. The fourth-order valence-electron chi connectivity index (χ4n) is 2.75. The predicted octanol–water partition coefficient (Wildman–Crippen LogP) is 1.05. The smallest absolute Gasteiger partial charge is 0.252 e. The van der Waals surface area contributed by atoms with Gasteiger partial charge in [-0.25, -0.2) is 4.98 Å². The lowest BCUT2D eigenvalue weighted by Crippen LogP contribution is -2.39. The third-order valence-electron chi connectivity index (χ3n) is 4.00. The summed E-state index contributed by atoms with van der Waals surface area (Å²) in [5.41, 5.74) is -0.0392. The molecular formula is C14H22N4O. The van der Waals surface area contributed by atoms with Gasteiger partial charge in [-0.05, 0) is 25.7 Å². The van der Waals surface area contributed by atoms with Crippen LogP contribution >= 0.6 is 0 Å². The molecule has 5 heteroatoms. The molecule has 19 heavy (non-hydrogen) atoms. The number of aromatic amines is 1. The number of hydrogen-bond donors (Lipinski definition) is 2. The number of H-pyrrole nitrogens is 1. The monoisotopic (exact) mass is 262 g/mol. The molecule has 2 heterocycles. The molecule has 2 fully saturated rings. The highest BCUT2D eigenvalue weighted by molar-refractivity contribution is 5.40. The predicted molar refractivity (Wildman–Crippen MR) is 75.6 cm³/mol. The Balaban J connectivity index is 1.74. The largest absolute Gasteiger partial charge is 0.352 e. The van der Waals surface area contributed by atoms with Gasteiger partial charge < -0.3 is 15.2 Å². The van der Waals surface area contributed by atoms with E-state index in [0.717, 1.165) is 37.2 Å².